The van der Waals surface area contributed by atoms with Crippen LogP contribution in [0.4, 0.5) is 0 Å². The SMILES string of the molecule is CN(CCN1CCCC1)CC(N)(C(=O)O)C1CC1. The lowest BCUT2D eigenvalue weighted by Gasteiger charge is -2.31. The highest BCUT2D eigenvalue weighted by molar-refractivity contribution is 5.79. The van der Waals surface area contributed by atoms with Crippen LogP contribution in [0.2, 0.25) is 0 Å². The summed E-state index contributed by atoms with van der Waals surface area (Å²) >= 11 is 0. The molecule has 5 heteroatoms. The Morgan fingerprint density at radius 2 is 2.06 bits per heavy atom. The molecule has 5 nitrogen and oxygen atoms in total. The Hall–Kier alpha value is -0.650. The highest BCUT2D eigenvalue weighted by Crippen LogP contribution is 2.38. The second kappa shape index (κ2) is 5.55. The Kier molecular flexibility index (Phi) is 4.25. The molecule has 104 valence electrons. The van der Waals surface area contributed by atoms with Crippen LogP contribution in [0.5, 0.6) is 0 Å². The average Bonchev–Trinajstić information content (AvgIpc) is 3.04. The first-order valence-electron chi connectivity index (χ1n) is 6.95. The lowest BCUT2D eigenvalue weighted by atomic mass is 9.94. The fourth-order valence-corrected chi connectivity index (χ4v) is 2.81. The van der Waals surface area contributed by atoms with Crippen LogP contribution in [0.15, 0.2) is 0 Å². The third kappa shape index (κ3) is 3.22. The molecule has 0 aromatic heterocycles. The van der Waals surface area contributed by atoms with Gasteiger partial charge in [0.25, 0.3) is 0 Å². The Morgan fingerprint density at radius 1 is 1.44 bits per heavy atom. The number of carbonyl (C=O) groups is 1. The van der Waals surface area contributed by atoms with Gasteiger partial charge in [0.15, 0.2) is 0 Å². The predicted octanol–water partition coefficient (Wildman–Crippen LogP) is 0.206. The minimum Gasteiger partial charge on any atom is -0.480 e. The molecule has 3 N–H and O–H groups in total. The Balaban J connectivity index is 1.77. The zero-order valence-electron chi connectivity index (χ0n) is 11.3. The lowest BCUT2D eigenvalue weighted by Crippen LogP contribution is -2.57. The maximum absolute atomic E-state index is 11.3. The number of nitrogens with zero attached hydrogens (tertiary/aromatic N) is 2. The van der Waals surface area contributed by atoms with Crippen molar-refractivity contribution in [3.63, 3.8) is 0 Å². The molecule has 2 fully saturated rings. The van der Waals surface area contributed by atoms with E-state index in [1.54, 1.807) is 0 Å². The number of likely N-dealkylation sites (tertiary alicyclic amines) is 1. The van der Waals surface area contributed by atoms with Gasteiger partial charge in [0.1, 0.15) is 5.54 Å². The molecule has 0 spiro atoms. The first kappa shape index (κ1) is 13.8. The van der Waals surface area contributed by atoms with Gasteiger partial charge >= 0.3 is 5.97 Å². The fraction of sp³-hybridized carbons (Fsp3) is 0.923. The second-order valence-corrected chi connectivity index (χ2v) is 5.91. The molecule has 1 aliphatic carbocycles. The van der Waals surface area contributed by atoms with Crippen molar-refractivity contribution in [2.45, 2.75) is 31.2 Å². The summed E-state index contributed by atoms with van der Waals surface area (Å²) in [7, 11) is 1.98. The predicted molar refractivity (Wildman–Crippen MR) is 70.4 cm³/mol. The molecule has 0 radical (unpaired) electrons. The molecule has 1 heterocycles. The molecule has 1 saturated heterocycles. The molecule has 1 unspecified atom stereocenters. The van der Waals surface area contributed by atoms with Gasteiger partial charge in [-0.15, -0.1) is 0 Å². The molecule has 2 rings (SSSR count). The minimum atomic E-state index is -1.04. The number of carboxylic acid groups (broad SMARTS) is 1. The number of likely N-dealkylation sites (N-methyl/N-ethyl adjacent to an activating group) is 1. The van der Waals surface area contributed by atoms with Gasteiger partial charge in [-0.2, -0.15) is 0 Å². The lowest BCUT2D eigenvalue weighted by molar-refractivity contribution is -0.145. The third-order valence-corrected chi connectivity index (χ3v) is 4.23. The van der Waals surface area contributed by atoms with E-state index in [1.807, 2.05) is 7.05 Å². The van der Waals surface area contributed by atoms with Crippen LogP contribution in [0.25, 0.3) is 0 Å². The van der Waals surface area contributed by atoms with Gasteiger partial charge in [-0.05, 0) is 51.7 Å². The van der Waals surface area contributed by atoms with Crippen molar-refractivity contribution in [3.05, 3.63) is 0 Å². The first-order chi connectivity index (χ1) is 8.52. The zero-order valence-corrected chi connectivity index (χ0v) is 11.3. The number of aliphatic carboxylic acids is 1. The van der Waals surface area contributed by atoms with Crippen LogP contribution in [-0.2, 0) is 4.79 Å². The number of nitrogens with two attached hydrogens (primary N) is 1. The maximum atomic E-state index is 11.3. The van der Waals surface area contributed by atoms with Gasteiger partial charge in [0.2, 0.25) is 0 Å². The smallest absolute Gasteiger partial charge is 0.325 e. The summed E-state index contributed by atoms with van der Waals surface area (Å²) in [5, 5.41) is 9.31. The van der Waals surface area contributed by atoms with Gasteiger partial charge in [0.05, 0.1) is 0 Å². The topological polar surface area (TPSA) is 69.8 Å². The summed E-state index contributed by atoms with van der Waals surface area (Å²) < 4.78 is 0. The molecule has 1 aliphatic heterocycles. The van der Waals surface area contributed by atoms with E-state index >= 15 is 0 Å². The fourth-order valence-electron chi connectivity index (χ4n) is 2.81. The van der Waals surface area contributed by atoms with E-state index in [0.29, 0.717) is 6.54 Å². The van der Waals surface area contributed by atoms with Crippen LogP contribution < -0.4 is 5.73 Å². The molecule has 0 aromatic rings. The Labute approximate surface area is 109 Å². The zero-order chi connectivity index (χ0) is 13.2. The summed E-state index contributed by atoms with van der Waals surface area (Å²) in [6.45, 7) is 4.75. The van der Waals surface area contributed by atoms with E-state index in [4.69, 9.17) is 5.73 Å². The van der Waals surface area contributed by atoms with Crippen LogP contribution in [0, 0.1) is 5.92 Å². The molecular weight excluding hydrogens is 230 g/mol. The van der Waals surface area contributed by atoms with Gasteiger partial charge in [-0.3, -0.25) is 4.79 Å². The van der Waals surface area contributed by atoms with Crippen LogP contribution in [0.3, 0.4) is 0 Å². The third-order valence-electron chi connectivity index (χ3n) is 4.23. The van der Waals surface area contributed by atoms with E-state index in [-0.39, 0.29) is 5.92 Å². The number of hydrogen-bond acceptors (Lipinski definition) is 4. The highest BCUT2D eigenvalue weighted by atomic mass is 16.4. The summed E-state index contributed by atoms with van der Waals surface area (Å²) in [4.78, 5) is 15.8. The quantitative estimate of drug-likeness (QED) is 0.680. The van der Waals surface area contributed by atoms with E-state index in [2.05, 4.69) is 9.80 Å². The van der Waals surface area contributed by atoms with Crippen molar-refractivity contribution in [1.82, 2.24) is 9.80 Å². The normalized spacial score (nSPS) is 24.4. The van der Waals surface area contributed by atoms with E-state index in [9.17, 15) is 9.90 Å². The second-order valence-electron chi connectivity index (χ2n) is 5.91. The average molecular weight is 255 g/mol. The van der Waals surface area contributed by atoms with Crippen molar-refractivity contribution in [2.24, 2.45) is 11.7 Å². The van der Waals surface area contributed by atoms with Gasteiger partial charge in [-0.25, -0.2) is 0 Å². The highest BCUT2D eigenvalue weighted by Gasteiger charge is 2.48. The van der Waals surface area contributed by atoms with E-state index < -0.39 is 11.5 Å². The van der Waals surface area contributed by atoms with Crippen LogP contribution in [-0.4, -0.2) is 66.2 Å². The first-order valence-corrected chi connectivity index (χ1v) is 6.95. The largest absolute Gasteiger partial charge is 0.480 e. The van der Waals surface area contributed by atoms with E-state index in [0.717, 1.165) is 25.9 Å². The standard InChI is InChI=1S/C13H25N3O2/c1-15(8-9-16-6-2-3-7-16)10-13(14,12(17)18)11-4-5-11/h11H,2-10,14H2,1H3,(H,17,18). The summed E-state index contributed by atoms with van der Waals surface area (Å²) in [5.74, 6) is -0.678. The van der Waals surface area contributed by atoms with Gasteiger partial charge in [0, 0.05) is 19.6 Å². The van der Waals surface area contributed by atoms with Crippen molar-refractivity contribution < 1.29 is 9.90 Å². The molecule has 1 atom stereocenters. The monoisotopic (exact) mass is 255 g/mol. The Morgan fingerprint density at radius 3 is 2.56 bits per heavy atom. The number of rotatable bonds is 7. The molecule has 1 saturated carbocycles. The number of hydrogen-bond donors (Lipinski definition) is 2. The summed E-state index contributed by atoms with van der Waals surface area (Å²) in [5.41, 5.74) is 5.03. The maximum Gasteiger partial charge on any atom is 0.325 e. The molecule has 18 heavy (non-hydrogen) atoms. The van der Waals surface area contributed by atoms with Crippen molar-refractivity contribution in [3.8, 4) is 0 Å². The molecule has 0 amide bonds. The van der Waals surface area contributed by atoms with Crippen LogP contribution in [0.1, 0.15) is 25.7 Å². The van der Waals surface area contributed by atoms with Gasteiger partial charge < -0.3 is 20.6 Å². The molecule has 0 bridgehead atoms. The molecular formula is C13H25N3O2. The molecule has 0 aromatic carbocycles. The Bertz CT molecular complexity index is 301. The van der Waals surface area contributed by atoms with Crippen molar-refractivity contribution in [2.75, 3.05) is 39.8 Å². The summed E-state index contributed by atoms with van der Waals surface area (Å²) in [6, 6.07) is 0. The molecule has 2 aliphatic rings. The van der Waals surface area contributed by atoms with Gasteiger partial charge in [-0.1, -0.05) is 0 Å². The summed E-state index contributed by atoms with van der Waals surface area (Å²) in [6.07, 6.45) is 4.51. The van der Waals surface area contributed by atoms with E-state index in [1.165, 1.54) is 25.9 Å². The minimum absolute atomic E-state index is 0.171. The van der Waals surface area contributed by atoms with Crippen molar-refractivity contribution >= 4 is 5.97 Å². The van der Waals surface area contributed by atoms with Crippen LogP contribution >= 0.6 is 0 Å². The van der Waals surface area contributed by atoms with Crippen molar-refractivity contribution in [1.29, 1.82) is 0 Å². The number of carboxylic acids is 1.